The normalized spacial score (nSPS) is 10.9. The van der Waals surface area contributed by atoms with Crippen molar-refractivity contribution in [3.8, 4) is 11.3 Å². The van der Waals surface area contributed by atoms with Crippen molar-refractivity contribution in [1.29, 1.82) is 0 Å². The number of amides is 1. The Hall–Kier alpha value is -3.78. The van der Waals surface area contributed by atoms with Crippen LogP contribution in [0.3, 0.4) is 0 Å². The van der Waals surface area contributed by atoms with Crippen LogP contribution in [0.5, 0.6) is 0 Å². The molecule has 0 aliphatic rings. The average Bonchev–Trinajstić information content (AvgIpc) is 3.28. The van der Waals surface area contributed by atoms with Gasteiger partial charge < -0.3 is 9.15 Å². The molecule has 4 rings (SSSR count). The monoisotopic (exact) mass is 462 g/mol. The lowest BCUT2D eigenvalue weighted by molar-refractivity contribution is -0.116. The molecule has 0 N–H and O–H groups in total. The maximum Gasteiger partial charge on any atom is 0.342 e. The zero-order valence-electron chi connectivity index (χ0n) is 18.5. The molecule has 0 fully saturated rings. The molecule has 0 atom stereocenters. The summed E-state index contributed by atoms with van der Waals surface area (Å²) in [5.74, 6) is -0.313. The Morgan fingerprint density at radius 2 is 1.88 bits per heavy atom. The summed E-state index contributed by atoms with van der Waals surface area (Å²) in [6.45, 7) is 5.48. The number of carbonyl (C=O) groups excluding carboxylic acids is 2. The van der Waals surface area contributed by atoms with Crippen LogP contribution in [0.1, 0.15) is 35.5 Å². The molecule has 0 bridgehead atoms. The molecule has 0 saturated heterocycles. The van der Waals surface area contributed by atoms with Crippen molar-refractivity contribution in [3.63, 3.8) is 0 Å². The molecule has 8 heteroatoms. The van der Waals surface area contributed by atoms with Gasteiger partial charge in [-0.2, -0.15) is 0 Å². The summed E-state index contributed by atoms with van der Waals surface area (Å²) in [4.78, 5) is 43.5. The van der Waals surface area contributed by atoms with Gasteiger partial charge in [0.15, 0.2) is 16.1 Å². The number of rotatable bonds is 6. The fraction of sp³-hybridized carbons (Fsp3) is 0.200. The molecule has 7 nitrogen and oxygen atoms in total. The molecular weight excluding hydrogens is 440 g/mol. The maximum atomic E-state index is 13.0. The van der Waals surface area contributed by atoms with Gasteiger partial charge in [0.1, 0.15) is 17.9 Å². The van der Waals surface area contributed by atoms with Gasteiger partial charge in [-0.05, 0) is 26.0 Å². The molecule has 0 spiro atoms. The molecule has 168 valence electrons. The number of nitrogens with zero attached hydrogens (tertiary/aromatic N) is 2. The van der Waals surface area contributed by atoms with E-state index in [2.05, 4.69) is 4.98 Å². The van der Waals surface area contributed by atoms with Gasteiger partial charge in [-0.1, -0.05) is 36.4 Å². The molecule has 2 aromatic heterocycles. The van der Waals surface area contributed by atoms with Crippen molar-refractivity contribution < 1.29 is 18.7 Å². The van der Waals surface area contributed by atoms with Crippen molar-refractivity contribution in [2.45, 2.75) is 27.4 Å². The van der Waals surface area contributed by atoms with E-state index in [9.17, 15) is 14.4 Å². The van der Waals surface area contributed by atoms with Crippen LogP contribution in [0.25, 0.3) is 22.3 Å². The van der Waals surface area contributed by atoms with E-state index >= 15 is 0 Å². The largest absolute Gasteiger partial charge is 0.455 e. The highest BCUT2D eigenvalue weighted by Crippen LogP contribution is 2.28. The van der Waals surface area contributed by atoms with Crippen LogP contribution in [0, 0.1) is 6.92 Å². The number of carbonyl (C=O) groups is 2. The van der Waals surface area contributed by atoms with Crippen LogP contribution in [0.15, 0.2) is 63.1 Å². The number of hydrogen-bond acceptors (Lipinski definition) is 7. The number of ether oxygens (including phenoxy) is 1. The van der Waals surface area contributed by atoms with Crippen LogP contribution >= 0.6 is 11.3 Å². The summed E-state index contributed by atoms with van der Waals surface area (Å²) in [5.41, 5.74) is 1.91. The van der Waals surface area contributed by atoms with Crippen molar-refractivity contribution in [3.05, 3.63) is 81.0 Å². The highest BCUT2D eigenvalue weighted by molar-refractivity contribution is 7.14. The molecule has 0 radical (unpaired) electrons. The van der Waals surface area contributed by atoms with Crippen LogP contribution in [-0.4, -0.2) is 23.4 Å². The van der Waals surface area contributed by atoms with Gasteiger partial charge in [-0.15, -0.1) is 11.3 Å². The van der Waals surface area contributed by atoms with Crippen LogP contribution in [0.4, 0.5) is 5.13 Å². The molecule has 1 amide bonds. The first-order valence-electron chi connectivity index (χ1n) is 10.4. The second-order valence-electron chi connectivity index (χ2n) is 7.39. The Morgan fingerprint density at radius 3 is 2.58 bits per heavy atom. The molecule has 4 aromatic rings. The predicted molar refractivity (Wildman–Crippen MR) is 128 cm³/mol. The Morgan fingerprint density at radius 1 is 1.12 bits per heavy atom. The summed E-state index contributed by atoms with van der Waals surface area (Å²) < 4.78 is 11.5. The highest BCUT2D eigenvalue weighted by atomic mass is 32.1. The standard InChI is InChI=1S/C25H22N2O5S/c1-4-27(16(3)28)25-26-18(14-33-25)13-31-24(30)20-12-8-11-19-21(29)15(2)22(32-23(19)20)17-9-6-5-7-10-17/h5-12,14H,4,13H2,1-3H3. The number of fused-ring (bicyclic) bond motifs is 1. The fourth-order valence-electron chi connectivity index (χ4n) is 3.53. The van der Waals surface area contributed by atoms with Gasteiger partial charge in [0.2, 0.25) is 5.91 Å². The highest BCUT2D eigenvalue weighted by Gasteiger charge is 2.20. The Kier molecular flexibility index (Phi) is 6.37. The van der Waals surface area contributed by atoms with E-state index in [0.29, 0.717) is 34.1 Å². The minimum atomic E-state index is -0.625. The summed E-state index contributed by atoms with van der Waals surface area (Å²) in [6, 6.07) is 14.1. The lowest BCUT2D eigenvalue weighted by atomic mass is 10.0. The summed E-state index contributed by atoms with van der Waals surface area (Å²) in [7, 11) is 0. The van der Waals surface area contributed by atoms with Crippen LogP contribution in [-0.2, 0) is 16.1 Å². The molecule has 33 heavy (non-hydrogen) atoms. The van der Waals surface area contributed by atoms with E-state index in [1.165, 1.54) is 18.3 Å². The maximum absolute atomic E-state index is 13.0. The smallest absolute Gasteiger partial charge is 0.342 e. The topological polar surface area (TPSA) is 89.7 Å². The number of esters is 1. The third-order valence-electron chi connectivity index (χ3n) is 5.22. The van der Waals surface area contributed by atoms with Crippen LogP contribution in [0.2, 0.25) is 0 Å². The van der Waals surface area contributed by atoms with Gasteiger partial charge >= 0.3 is 5.97 Å². The molecule has 0 aliphatic carbocycles. The lowest BCUT2D eigenvalue weighted by Crippen LogP contribution is -2.27. The molecule has 2 heterocycles. The Bertz CT molecular complexity index is 1390. The number of anilines is 1. The molecule has 2 aromatic carbocycles. The number of benzene rings is 2. The summed E-state index contributed by atoms with van der Waals surface area (Å²) >= 11 is 1.31. The lowest BCUT2D eigenvalue weighted by Gasteiger charge is -2.14. The number of hydrogen-bond donors (Lipinski definition) is 0. The van der Waals surface area contributed by atoms with Crippen molar-refractivity contribution in [2.75, 3.05) is 11.4 Å². The third-order valence-corrected chi connectivity index (χ3v) is 6.13. The van der Waals surface area contributed by atoms with Crippen molar-refractivity contribution >= 4 is 39.3 Å². The van der Waals surface area contributed by atoms with Gasteiger partial charge in [0.05, 0.1) is 11.1 Å². The molecule has 0 unspecified atom stereocenters. The molecular formula is C25H22N2O5S. The second-order valence-corrected chi connectivity index (χ2v) is 8.23. The first-order valence-corrected chi connectivity index (χ1v) is 11.3. The molecule has 0 aliphatic heterocycles. The van der Waals surface area contributed by atoms with E-state index in [4.69, 9.17) is 9.15 Å². The fourth-order valence-corrected chi connectivity index (χ4v) is 4.45. The van der Waals surface area contributed by atoms with E-state index < -0.39 is 5.97 Å². The SMILES string of the molecule is CCN(C(C)=O)c1nc(COC(=O)c2cccc3c(=O)c(C)c(-c4ccccc4)oc23)cs1. The zero-order chi connectivity index (χ0) is 23.5. The minimum absolute atomic E-state index is 0.0667. The van der Waals surface area contributed by atoms with Gasteiger partial charge in [0.25, 0.3) is 0 Å². The summed E-state index contributed by atoms with van der Waals surface area (Å²) in [6.07, 6.45) is 0. The number of aromatic nitrogens is 1. The van der Waals surface area contributed by atoms with Crippen molar-refractivity contribution in [2.24, 2.45) is 0 Å². The van der Waals surface area contributed by atoms with Gasteiger partial charge in [-0.3, -0.25) is 14.5 Å². The Labute approximate surface area is 194 Å². The van der Waals surface area contributed by atoms with E-state index in [1.54, 1.807) is 35.4 Å². The first kappa shape index (κ1) is 22.4. The Balaban J connectivity index is 1.64. The summed E-state index contributed by atoms with van der Waals surface area (Å²) in [5, 5.41) is 2.61. The number of para-hydroxylation sites is 1. The minimum Gasteiger partial charge on any atom is -0.455 e. The second kappa shape index (κ2) is 9.38. The zero-order valence-corrected chi connectivity index (χ0v) is 19.3. The van der Waals surface area contributed by atoms with E-state index in [1.807, 2.05) is 37.3 Å². The van der Waals surface area contributed by atoms with E-state index in [-0.39, 0.29) is 29.1 Å². The predicted octanol–water partition coefficient (Wildman–Crippen LogP) is 4.95. The van der Waals surface area contributed by atoms with Gasteiger partial charge in [0, 0.05) is 30.0 Å². The third kappa shape index (κ3) is 4.42. The van der Waals surface area contributed by atoms with Crippen molar-refractivity contribution in [1.82, 2.24) is 4.98 Å². The first-order chi connectivity index (χ1) is 15.9. The number of thiazole rings is 1. The molecule has 0 saturated carbocycles. The quantitative estimate of drug-likeness (QED) is 0.377. The average molecular weight is 463 g/mol. The van der Waals surface area contributed by atoms with E-state index in [0.717, 1.165) is 5.56 Å². The van der Waals surface area contributed by atoms with Crippen LogP contribution < -0.4 is 10.3 Å². The van der Waals surface area contributed by atoms with Gasteiger partial charge in [-0.25, -0.2) is 9.78 Å².